The van der Waals surface area contributed by atoms with E-state index in [1.54, 1.807) is 0 Å². The lowest BCUT2D eigenvalue weighted by Crippen LogP contribution is -2.31. The summed E-state index contributed by atoms with van der Waals surface area (Å²) in [7, 11) is 0. The monoisotopic (exact) mass is 285 g/mol. The smallest absolute Gasteiger partial charge is 0.202 e. The van der Waals surface area contributed by atoms with E-state index in [0.717, 1.165) is 12.2 Å². The second-order valence-corrected chi connectivity index (χ2v) is 6.71. The maximum atomic E-state index is 7.37. The van der Waals surface area contributed by atoms with Gasteiger partial charge < -0.3 is 11.1 Å². The molecule has 0 fully saturated rings. The highest BCUT2D eigenvalue weighted by Gasteiger charge is 2.28. The van der Waals surface area contributed by atoms with Crippen molar-refractivity contribution >= 4 is 24.3 Å². The van der Waals surface area contributed by atoms with E-state index in [4.69, 9.17) is 11.1 Å². The van der Waals surface area contributed by atoms with Gasteiger partial charge in [0.05, 0.1) is 0 Å². The Morgan fingerprint density at radius 1 is 1.32 bits per heavy atom. The molecule has 1 rings (SSSR count). The van der Waals surface area contributed by atoms with Gasteiger partial charge in [0.25, 0.3) is 0 Å². The third kappa shape index (κ3) is 4.74. The van der Waals surface area contributed by atoms with Crippen LogP contribution in [-0.4, -0.2) is 28.4 Å². The van der Waals surface area contributed by atoms with Crippen molar-refractivity contribution in [3.8, 4) is 0 Å². The minimum Gasteiger partial charge on any atom is -0.382 e. The molecule has 0 bridgehead atoms. The van der Waals surface area contributed by atoms with Crippen molar-refractivity contribution < 1.29 is 4.63 Å². The van der Waals surface area contributed by atoms with Crippen LogP contribution >= 0.6 is 12.6 Å². The maximum Gasteiger partial charge on any atom is 0.202 e. The van der Waals surface area contributed by atoms with Crippen LogP contribution in [0.5, 0.6) is 0 Å². The van der Waals surface area contributed by atoms with Gasteiger partial charge in [-0.25, -0.2) is 4.63 Å². The topological polar surface area (TPSA) is 101 Å². The molecule has 0 aliphatic rings. The molecule has 0 atom stereocenters. The molecular weight excluding hydrogens is 262 g/mol. The minimum atomic E-state index is -0.155. The van der Waals surface area contributed by atoms with Gasteiger partial charge in [0.2, 0.25) is 5.82 Å². The van der Waals surface area contributed by atoms with Crippen LogP contribution in [0.1, 0.15) is 39.8 Å². The second-order valence-electron chi connectivity index (χ2n) is 6.39. The highest BCUT2D eigenvalue weighted by molar-refractivity contribution is 7.80. The number of anilines is 1. The predicted molar refractivity (Wildman–Crippen MR) is 79.8 cm³/mol. The average molecular weight is 285 g/mol. The summed E-state index contributed by atoms with van der Waals surface area (Å²) in [6, 6.07) is 0. The van der Waals surface area contributed by atoms with Gasteiger partial charge in [-0.15, -0.1) is 0 Å². The molecule has 4 N–H and O–H groups in total. The van der Waals surface area contributed by atoms with Gasteiger partial charge in [-0.05, 0) is 33.3 Å². The van der Waals surface area contributed by atoms with E-state index in [9.17, 15) is 0 Å². The molecule has 0 aliphatic heterocycles. The molecule has 1 aromatic heterocycles. The van der Waals surface area contributed by atoms with Crippen LogP contribution in [0.3, 0.4) is 0 Å². The summed E-state index contributed by atoms with van der Waals surface area (Å²) >= 11 is 4.38. The number of aromatic nitrogens is 2. The van der Waals surface area contributed by atoms with E-state index in [1.807, 2.05) is 0 Å². The van der Waals surface area contributed by atoms with Gasteiger partial charge >= 0.3 is 0 Å². The summed E-state index contributed by atoms with van der Waals surface area (Å²) in [6.07, 6.45) is 1.01. The summed E-state index contributed by atoms with van der Waals surface area (Å²) in [6.45, 7) is 9.43. The first-order valence-electron chi connectivity index (χ1n) is 6.19. The Bertz CT molecular complexity index is 441. The molecule has 1 aromatic rings. The lowest BCUT2D eigenvalue weighted by atomic mass is 9.76. The minimum absolute atomic E-state index is 0.0548. The van der Waals surface area contributed by atoms with Crippen molar-refractivity contribution in [2.45, 2.75) is 34.1 Å². The Hall–Kier alpha value is -1.24. The molecule has 1 heterocycles. The fourth-order valence-electron chi connectivity index (χ4n) is 2.22. The Balaban J connectivity index is 2.65. The molecule has 0 aliphatic carbocycles. The molecular formula is C12H23N5OS. The van der Waals surface area contributed by atoms with Gasteiger partial charge in [0, 0.05) is 6.54 Å². The summed E-state index contributed by atoms with van der Waals surface area (Å²) in [5, 5.41) is 17.8. The van der Waals surface area contributed by atoms with Gasteiger partial charge in [-0.2, -0.15) is 12.6 Å². The molecule has 0 unspecified atom stereocenters. The molecule has 0 radical (unpaired) electrons. The van der Waals surface area contributed by atoms with Crippen LogP contribution in [0.15, 0.2) is 4.63 Å². The molecule has 7 heteroatoms. The normalized spacial score (nSPS) is 12.5. The maximum absolute atomic E-state index is 7.37. The van der Waals surface area contributed by atoms with Crippen molar-refractivity contribution in [2.24, 2.45) is 16.6 Å². The average Bonchev–Trinajstić information content (AvgIpc) is 2.73. The molecule has 19 heavy (non-hydrogen) atoms. The van der Waals surface area contributed by atoms with Gasteiger partial charge in [-0.1, -0.05) is 27.7 Å². The Labute approximate surface area is 119 Å². The van der Waals surface area contributed by atoms with Crippen molar-refractivity contribution in [2.75, 3.05) is 17.6 Å². The number of nitrogens with one attached hydrogen (secondary N) is 2. The first kappa shape index (κ1) is 15.8. The molecule has 0 spiro atoms. The predicted octanol–water partition coefficient (Wildman–Crippen LogP) is 2.14. The number of hydrogen-bond acceptors (Lipinski definition) is 6. The number of thiol groups is 1. The number of nitrogens with zero attached hydrogens (tertiary/aromatic N) is 2. The molecule has 0 saturated heterocycles. The van der Waals surface area contributed by atoms with E-state index < -0.39 is 0 Å². The molecule has 108 valence electrons. The van der Waals surface area contributed by atoms with Gasteiger partial charge in [0.15, 0.2) is 5.69 Å². The van der Waals surface area contributed by atoms with Gasteiger partial charge in [0.1, 0.15) is 5.84 Å². The molecule has 0 saturated carbocycles. The zero-order valence-corrected chi connectivity index (χ0v) is 12.8. The third-order valence-electron chi connectivity index (χ3n) is 2.86. The SMILES string of the molecule is CC(C)(CS)CC(C)(C)CNc1nonc1C(=N)N. The second kappa shape index (κ2) is 5.81. The summed E-state index contributed by atoms with van der Waals surface area (Å²) < 4.78 is 4.60. The largest absolute Gasteiger partial charge is 0.382 e. The summed E-state index contributed by atoms with van der Waals surface area (Å²) in [5.74, 6) is 1.10. The van der Waals surface area contributed by atoms with Gasteiger partial charge in [-0.3, -0.25) is 5.41 Å². The van der Waals surface area contributed by atoms with Crippen LogP contribution in [0, 0.1) is 16.2 Å². The first-order chi connectivity index (χ1) is 8.67. The van der Waals surface area contributed by atoms with E-state index in [0.29, 0.717) is 12.4 Å². The Kier molecular flexibility index (Phi) is 4.84. The van der Waals surface area contributed by atoms with Crippen LogP contribution in [-0.2, 0) is 0 Å². The van der Waals surface area contributed by atoms with Crippen LogP contribution < -0.4 is 11.1 Å². The van der Waals surface area contributed by atoms with Crippen molar-refractivity contribution in [3.05, 3.63) is 5.69 Å². The van der Waals surface area contributed by atoms with Crippen molar-refractivity contribution in [1.29, 1.82) is 5.41 Å². The zero-order valence-electron chi connectivity index (χ0n) is 11.9. The standard InChI is InChI=1S/C12H23N5OS/c1-11(2,5-12(3,4)7-19)6-15-10-8(9(13)14)16-18-17-10/h19H,5-7H2,1-4H3,(H3,13,14)(H,15,17). The Morgan fingerprint density at radius 2 is 1.95 bits per heavy atom. The number of hydrogen-bond donors (Lipinski definition) is 4. The fraction of sp³-hybridized carbons (Fsp3) is 0.750. The Morgan fingerprint density at radius 3 is 2.47 bits per heavy atom. The molecule has 0 aromatic carbocycles. The first-order valence-corrected chi connectivity index (χ1v) is 6.82. The number of amidine groups is 1. The summed E-state index contributed by atoms with van der Waals surface area (Å²) in [5.41, 5.74) is 5.87. The van der Waals surface area contributed by atoms with E-state index in [2.05, 4.69) is 60.6 Å². The number of rotatable bonds is 7. The summed E-state index contributed by atoms with van der Waals surface area (Å²) in [4.78, 5) is 0. The zero-order chi connectivity index (χ0) is 14.7. The lowest BCUT2D eigenvalue weighted by molar-refractivity contribution is 0.230. The van der Waals surface area contributed by atoms with Crippen LogP contribution in [0.25, 0.3) is 0 Å². The van der Waals surface area contributed by atoms with Crippen molar-refractivity contribution in [1.82, 2.24) is 10.3 Å². The number of nitrogen functional groups attached to an aromatic ring is 1. The fourth-order valence-corrected chi connectivity index (χ4v) is 2.33. The molecule has 0 amide bonds. The van der Waals surface area contributed by atoms with Crippen LogP contribution in [0.2, 0.25) is 0 Å². The van der Waals surface area contributed by atoms with E-state index in [1.165, 1.54) is 0 Å². The molecule has 6 nitrogen and oxygen atoms in total. The highest BCUT2D eigenvalue weighted by Crippen LogP contribution is 2.34. The highest BCUT2D eigenvalue weighted by atomic mass is 32.1. The van der Waals surface area contributed by atoms with E-state index >= 15 is 0 Å². The van der Waals surface area contributed by atoms with E-state index in [-0.39, 0.29) is 22.4 Å². The van der Waals surface area contributed by atoms with Crippen LogP contribution in [0.4, 0.5) is 5.82 Å². The third-order valence-corrected chi connectivity index (χ3v) is 3.72. The lowest BCUT2D eigenvalue weighted by Gasteiger charge is -2.34. The van der Waals surface area contributed by atoms with Crippen molar-refractivity contribution in [3.63, 3.8) is 0 Å². The quantitative estimate of drug-likeness (QED) is 0.349. The number of nitrogens with two attached hydrogens (primary N) is 1.